The zero-order valence-corrected chi connectivity index (χ0v) is 17.5. The van der Waals surface area contributed by atoms with Gasteiger partial charge in [0.05, 0.1) is 10.2 Å². The molecular formula is C24H23N3O2S. The molecule has 1 fully saturated rings. The van der Waals surface area contributed by atoms with E-state index in [4.69, 9.17) is 4.42 Å². The third-order valence-electron chi connectivity index (χ3n) is 5.48. The van der Waals surface area contributed by atoms with Crippen molar-refractivity contribution in [2.75, 3.05) is 13.1 Å². The fraction of sp³-hybridized carbons (Fsp3) is 0.250. The molecule has 152 valence electrons. The van der Waals surface area contributed by atoms with Gasteiger partial charge in [0, 0.05) is 13.1 Å². The van der Waals surface area contributed by atoms with Crippen LogP contribution in [0.4, 0.5) is 0 Å². The van der Waals surface area contributed by atoms with Crippen LogP contribution in [0.3, 0.4) is 0 Å². The van der Waals surface area contributed by atoms with E-state index in [0.717, 1.165) is 40.4 Å². The zero-order valence-electron chi connectivity index (χ0n) is 16.6. The Morgan fingerprint density at radius 3 is 2.60 bits per heavy atom. The molecule has 30 heavy (non-hydrogen) atoms. The van der Waals surface area contributed by atoms with Gasteiger partial charge in [-0.25, -0.2) is 4.98 Å². The van der Waals surface area contributed by atoms with Gasteiger partial charge in [-0.15, -0.1) is 11.3 Å². The minimum absolute atomic E-state index is 0.210. The van der Waals surface area contributed by atoms with E-state index in [1.807, 2.05) is 36.4 Å². The third kappa shape index (κ3) is 4.01. The number of para-hydroxylation sites is 1. The number of hydrogen-bond acceptors (Lipinski definition) is 5. The number of rotatable bonds is 6. The van der Waals surface area contributed by atoms with E-state index < -0.39 is 0 Å². The molecule has 0 saturated carbocycles. The molecule has 0 atom stereocenters. The van der Waals surface area contributed by atoms with Crippen LogP contribution < -0.4 is 5.32 Å². The summed E-state index contributed by atoms with van der Waals surface area (Å²) in [6.45, 7) is 3.73. The monoisotopic (exact) mass is 417 g/mol. The van der Waals surface area contributed by atoms with Gasteiger partial charge < -0.3 is 9.73 Å². The van der Waals surface area contributed by atoms with Gasteiger partial charge in [0.25, 0.3) is 5.91 Å². The highest BCUT2D eigenvalue weighted by Gasteiger charge is 2.16. The molecule has 4 aromatic rings. The summed E-state index contributed by atoms with van der Waals surface area (Å²) >= 11 is 1.56. The Bertz CT molecular complexity index is 1140. The normalized spacial score (nSPS) is 14.4. The predicted octanol–water partition coefficient (Wildman–Crippen LogP) is 5.08. The molecule has 0 bridgehead atoms. The first-order chi connectivity index (χ1) is 14.8. The highest BCUT2D eigenvalue weighted by Crippen LogP contribution is 2.31. The summed E-state index contributed by atoms with van der Waals surface area (Å²) in [6, 6.07) is 19.8. The van der Waals surface area contributed by atoms with Crippen LogP contribution in [-0.4, -0.2) is 28.9 Å². The summed E-state index contributed by atoms with van der Waals surface area (Å²) in [7, 11) is 0. The lowest BCUT2D eigenvalue weighted by molar-refractivity contribution is 0.0924. The smallest absolute Gasteiger partial charge is 0.287 e. The molecule has 1 N–H and O–H groups in total. The Labute approximate surface area is 179 Å². The fourth-order valence-electron chi connectivity index (χ4n) is 3.88. The number of benzene rings is 2. The number of hydrogen-bond donors (Lipinski definition) is 1. The number of likely N-dealkylation sites (tertiary alicyclic amines) is 1. The average Bonchev–Trinajstić information content (AvgIpc) is 3.52. The van der Waals surface area contributed by atoms with Gasteiger partial charge in [0.15, 0.2) is 16.5 Å². The number of fused-ring (bicyclic) bond motifs is 1. The van der Waals surface area contributed by atoms with Crippen LogP contribution in [0, 0.1) is 0 Å². The number of thiazole rings is 1. The molecule has 5 rings (SSSR count). The zero-order chi connectivity index (χ0) is 20.3. The number of carbonyl (C=O) groups excluding carboxylic acids is 1. The molecule has 3 heterocycles. The summed E-state index contributed by atoms with van der Waals surface area (Å²) in [6.07, 6.45) is 2.54. The van der Waals surface area contributed by atoms with Crippen molar-refractivity contribution < 1.29 is 9.21 Å². The summed E-state index contributed by atoms with van der Waals surface area (Å²) in [5, 5.41) is 3.79. The summed E-state index contributed by atoms with van der Waals surface area (Å²) in [5.74, 6) is 0.718. The highest BCUT2D eigenvalue weighted by atomic mass is 32.1. The van der Waals surface area contributed by atoms with Crippen molar-refractivity contribution >= 4 is 27.5 Å². The van der Waals surface area contributed by atoms with Crippen molar-refractivity contribution in [1.82, 2.24) is 15.2 Å². The maximum absolute atomic E-state index is 12.7. The molecule has 6 heteroatoms. The van der Waals surface area contributed by atoms with E-state index in [0.29, 0.717) is 18.1 Å². The van der Waals surface area contributed by atoms with Crippen LogP contribution in [0.25, 0.3) is 21.0 Å². The van der Waals surface area contributed by atoms with Crippen molar-refractivity contribution in [1.29, 1.82) is 0 Å². The Hall–Kier alpha value is -2.96. The molecule has 0 aliphatic carbocycles. The quantitative estimate of drug-likeness (QED) is 0.475. The highest BCUT2D eigenvalue weighted by molar-refractivity contribution is 7.21. The molecule has 5 nitrogen and oxygen atoms in total. The van der Waals surface area contributed by atoms with Crippen LogP contribution in [0.2, 0.25) is 0 Å². The topological polar surface area (TPSA) is 58.4 Å². The molecule has 0 radical (unpaired) electrons. The fourth-order valence-corrected chi connectivity index (χ4v) is 4.81. The second-order valence-corrected chi connectivity index (χ2v) is 8.62. The van der Waals surface area contributed by atoms with Crippen molar-refractivity contribution in [3.05, 3.63) is 77.6 Å². The van der Waals surface area contributed by atoms with Crippen LogP contribution in [-0.2, 0) is 13.1 Å². The van der Waals surface area contributed by atoms with Gasteiger partial charge in [-0.1, -0.05) is 36.4 Å². The van der Waals surface area contributed by atoms with Crippen LogP contribution in [0.5, 0.6) is 0 Å². The molecule has 1 amide bonds. The SMILES string of the molecule is O=C(NCc1ccccc1CN1CCCC1)c1ccc(-c2nc3ccccc3s2)o1. The van der Waals surface area contributed by atoms with Gasteiger partial charge in [-0.05, 0) is 61.3 Å². The standard InChI is InChI=1S/C24H23N3O2S/c28-23(25-15-17-7-1-2-8-18(17)16-27-13-5-6-14-27)20-11-12-21(29-20)24-26-19-9-3-4-10-22(19)30-24/h1-4,7-12H,5-6,13-16H2,(H,25,28). The van der Waals surface area contributed by atoms with Gasteiger partial charge in [0.2, 0.25) is 0 Å². The molecule has 0 unspecified atom stereocenters. The second kappa shape index (κ2) is 8.42. The first-order valence-electron chi connectivity index (χ1n) is 10.3. The van der Waals surface area contributed by atoms with E-state index in [1.165, 1.54) is 18.4 Å². The molecular weight excluding hydrogens is 394 g/mol. The third-order valence-corrected chi connectivity index (χ3v) is 6.54. The predicted molar refractivity (Wildman–Crippen MR) is 119 cm³/mol. The van der Waals surface area contributed by atoms with Gasteiger partial charge in [0.1, 0.15) is 0 Å². The second-order valence-electron chi connectivity index (χ2n) is 7.59. The van der Waals surface area contributed by atoms with E-state index in [-0.39, 0.29) is 5.91 Å². The Morgan fingerprint density at radius 1 is 1.00 bits per heavy atom. The lowest BCUT2D eigenvalue weighted by Gasteiger charge is -2.17. The Kier molecular flexibility index (Phi) is 5.34. The largest absolute Gasteiger partial charge is 0.448 e. The minimum atomic E-state index is -0.210. The number of aromatic nitrogens is 1. The molecule has 2 aromatic heterocycles. The van der Waals surface area contributed by atoms with Crippen LogP contribution >= 0.6 is 11.3 Å². The summed E-state index contributed by atoms with van der Waals surface area (Å²) in [5.41, 5.74) is 3.36. The number of carbonyl (C=O) groups is 1. The van der Waals surface area contributed by atoms with E-state index in [1.54, 1.807) is 17.4 Å². The van der Waals surface area contributed by atoms with Gasteiger partial charge >= 0.3 is 0 Å². The lowest BCUT2D eigenvalue weighted by atomic mass is 10.1. The first kappa shape index (κ1) is 19.0. The lowest BCUT2D eigenvalue weighted by Crippen LogP contribution is -2.24. The maximum atomic E-state index is 12.7. The Morgan fingerprint density at radius 2 is 1.77 bits per heavy atom. The van der Waals surface area contributed by atoms with Crippen molar-refractivity contribution in [3.8, 4) is 10.8 Å². The molecule has 0 spiro atoms. The average molecular weight is 418 g/mol. The van der Waals surface area contributed by atoms with Crippen molar-refractivity contribution in [2.45, 2.75) is 25.9 Å². The first-order valence-corrected chi connectivity index (χ1v) is 11.1. The minimum Gasteiger partial charge on any atom is -0.448 e. The number of amides is 1. The molecule has 1 aliphatic rings. The summed E-state index contributed by atoms with van der Waals surface area (Å²) < 4.78 is 6.92. The van der Waals surface area contributed by atoms with Crippen molar-refractivity contribution in [2.24, 2.45) is 0 Å². The van der Waals surface area contributed by atoms with E-state index >= 15 is 0 Å². The molecule has 1 saturated heterocycles. The van der Waals surface area contributed by atoms with Crippen molar-refractivity contribution in [3.63, 3.8) is 0 Å². The van der Waals surface area contributed by atoms with E-state index in [2.05, 4.69) is 33.4 Å². The number of nitrogens with zero attached hydrogens (tertiary/aromatic N) is 2. The maximum Gasteiger partial charge on any atom is 0.287 e. The van der Waals surface area contributed by atoms with Crippen LogP contribution in [0.1, 0.15) is 34.5 Å². The Balaban J connectivity index is 1.26. The number of furan rings is 1. The molecule has 2 aromatic carbocycles. The summed E-state index contributed by atoms with van der Waals surface area (Å²) in [4.78, 5) is 19.7. The molecule has 1 aliphatic heterocycles. The van der Waals surface area contributed by atoms with E-state index in [9.17, 15) is 4.79 Å². The van der Waals surface area contributed by atoms with Gasteiger partial charge in [-0.3, -0.25) is 9.69 Å². The van der Waals surface area contributed by atoms with Crippen LogP contribution in [0.15, 0.2) is 65.1 Å². The van der Waals surface area contributed by atoms with Gasteiger partial charge in [-0.2, -0.15) is 0 Å². The number of nitrogens with one attached hydrogen (secondary N) is 1.